The van der Waals surface area contributed by atoms with Crippen molar-refractivity contribution in [3.8, 4) is 5.75 Å². The van der Waals surface area contributed by atoms with E-state index in [4.69, 9.17) is 33.0 Å². The highest BCUT2D eigenvalue weighted by Gasteiger charge is 2.11. The van der Waals surface area contributed by atoms with Gasteiger partial charge >= 0.3 is 0 Å². The Labute approximate surface area is 176 Å². The Hall–Kier alpha value is -2.68. The summed E-state index contributed by atoms with van der Waals surface area (Å²) in [5.41, 5.74) is 0.365. The molecule has 2 N–H and O–H groups in total. The van der Waals surface area contributed by atoms with Crippen LogP contribution in [0.25, 0.3) is 5.78 Å². The molecule has 152 valence electrons. The van der Waals surface area contributed by atoms with Crippen LogP contribution in [0.1, 0.15) is 22.3 Å². The number of ether oxygens (including phenoxy) is 1. The van der Waals surface area contributed by atoms with Crippen LogP contribution >= 0.6 is 23.2 Å². The lowest BCUT2D eigenvalue weighted by Crippen LogP contribution is -2.28. The molecule has 0 unspecified atom stereocenters. The molecule has 0 fully saturated rings. The van der Waals surface area contributed by atoms with E-state index in [2.05, 4.69) is 15.3 Å². The third-order valence-corrected chi connectivity index (χ3v) is 4.58. The van der Waals surface area contributed by atoms with Crippen molar-refractivity contribution in [3.63, 3.8) is 0 Å². The van der Waals surface area contributed by atoms with Crippen LogP contribution in [0.15, 0.2) is 41.6 Å². The van der Waals surface area contributed by atoms with E-state index in [1.54, 1.807) is 18.2 Å². The SMILES string of the molecule is O=C(NCCO)c1cnc2ncc(CCCOc3cc(Cl)ccc3Cl)c(=O)n2c1. The number of hydrogen-bond acceptors (Lipinski definition) is 6. The number of nitrogens with zero attached hydrogens (tertiary/aromatic N) is 3. The third-order valence-electron chi connectivity index (χ3n) is 4.03. The van der Waals surface area contributed by atoms with Crippen LogP contribution in [0, 0.1) is 0 Å². The molecule has 0 radical (unpaired) electrons. The number of rotatable bonds is 8. The molecule has 0 bridgehead atoms. The zero-order valence-electron chi connectivity index (χ0n) is 15.3. The van der Waals surface area contributed by atoms with E-state index < -0.39 is 5.91 Å². The summed E-state index contributed by atoms with van der Waals surface area (Å²) in [6, 6.07) is 4.95. The van der Waals surface area contributed by atoms with Crippen molar-refractivity contribution in [1.82, 2.24) is 19.7 Å². The Morgan fingerprint density at radius 3 is 2.83 bits per heavy atom. The second-order valence-electron chi connectivity index (χ2n) is 6.11. The zero-order valence-corrected chi connectivity index (χ0v) is 16.8. The lowest BCUT2D eigenvalue weighted by atomic mass is 10.2. The number of carbonyl (C=O) groups excluding carboxylic acids is 1. The number of aryl methyl sites for hydroxylation is 1. The standard InChI is InChI=1S/C19H18Cl2N4O4/c20-14-3-4-15(21)16(8-14)29-7-1-2-12-9-23-19-24-10-13(11-25(19)18(12)28)17(27)22-5-6-26/h3-4,8-11,26H,1-2,5-7H2,(H,22,27). The van der Waals surface area contributed by atoms with E-state index in [-0.39, 0.29) is 30.1 Å². The summed E-state index contributed by atoms with van der Waals surface area (Å²) in [5.74, 6) is 0.243. The summed E-state index contributed by atoms with van der Waals surface area (Å²) in [6.07, 6.45) is 5.17. The molecule has 1 amide bonds. The normalized spacial score (nSPS) is 10.9. The van der Waals surface area contributed by atoms with Crippen molar-refractivity contribution in [2.24, 2.45) is 0 Å². The quantitative estimate of drug-likeness (QED) is 0.523. The minimum atomic E-state index is -0.433. The largest absolute Gasteiger partial charge is 0.492 e. The van der Waals surface area contributed by atoms with Gasteiger partial charge in [0, 0.05) is 41.8 Å². The molecule has 0 aliphatic carbocycles. The molecule has 0 aliphatic heterocycles. The van der Waals surface area contributed by atoms with Gasteiger partial charge in [0.1, 0.15) is 5.75 Å². The van der Waals surface area contributed by atoms with Crippen LogP contribution in [0.3, 0.4) is 0 Å². The van der Waals surface area contributed by atoms with Gasteiger partial charge in [0.15, 0.2) is 0 Å². The number of aliphatic hydroxyl groups excluding tert-OH is 1. The number of fused-ring (bicyclic) bond motifs is 1. The van der Waals surface area contributed by atoms with Crippen LogP contribution in [-0.2, 0) is 6.42 Å². The molecule has 0 spiro atoms. The average Bonchev–Trinajstić information content (AvgIpc) is 2.73. The summed E-state index contributed by atoms with van der Waals surface area (Å²) in [4.78, 5) is 32.9. The van der Waals surface area contributed by atoms with Gasteiger partial charge in [-0.05, 0) is 25.0 Å². The van der Waals surface area contributed by atoms with Gasteiger partial charge in [0.25, 0.3) is 11.5 Å². The van der Waals surface area contributed by atoms with Crippen LogP contribution in [0.5, 0.6) is 5.75 Å². The van der Waals surface area contributed by atoms with Crippen molar-refractivity contribution in [2.45, 2.75) is 12.8 Å². The lowest BCUT2D eigenvalue weighted by Gasteiger charge is -2.09. The first-order chi connectivity index (χ1) is 14.0. The van der Waals surface area contributed by atoms with Gasteiger partial charge < -0.3 is 15.2 Å². The van der Waals surface area contributed by atoms with Crippen LogP contribution < -0.4 is 15.6 Å². The molecule has 29 heavy (non-hydrogen) atoms. The number of aliphatic hydroxyl groups is 1. The summed E-state index contributed by atoms with van der Waals surface area (Å²) >= 11 is 12.0. The van der Waals surface area contributed by atoms with Gasteiger partial charge in [-0.25, -0.2) is 9.97 Å². The molecule has 0 saturated carbocycles. The average molecular weight is 437 g/mol. The van der Waals surface area contributed by atoms with Gasteiger partial charge in [0.05, 0.1) is 23.8 Å². The van der Waals surface area contributed by atoms with Gasteiger partial charge in [-0.1, -0.05) is 23.2 Å². The number of nitrogens with one attached hydrogen (secondary N) is 1. The Bertz CT molecular complexity index is 1090. The third kappa shape index (κ3) is 5.23. The molecule has 3 aromatic rings. The Morgan fingerprint density at radius 2 is 2.03 bits per heavy atom. The summed E-state index contributed by atoms with van der Waals surface area (Å²) in [7, 11) is 0. The van der Waals surface area contributed by atoms with E-state index in [1.165, 1.54) is 23.0 Å². The first kappa shape index (κ1) is 21.0. The van der Waals surface area contributed by atoms with Crippen molar-refractivity contribution < 1.29 is 14.6 Å². The number of benzene rings is 1. The molecule has 3 rings (SSSR count). The molecule has 1 aromatic carbocycles. The number of hydrogen-bond donors (Lipinski definition) is 2. The first-order valence-corrected chi connectivity index (χ1v) is 9.58. The monoisotopic (exact) mass is 436 g/mol. The summed E-state index contributed by atoms with van der Waals surface area (Å²) < 4.78 is 6.86. The van der Waals surface area contributed by atoms with Crippen LogP contribution in [0.2, 0.25) is 10.0 Å². The smallest absolute Gasteiger partial charge is 0.262 e. The highest BCUT2D eigenvalue weighted by Crippen LogP contribution is 2.27. The van der Waals surface area contributed by atoms with Crippen molar-refractivity contribution in [3.05, 3.63) is 68.3 Å². The molecular weight excluding hydrogens is 419 g/mol. The van der Waals surface area contributed by atoms with E-state index in [0.29, 0.717) is 40.8 Å². The summed E-state index contributed by atoms with van der Waals surface area (Å²) in [5, 5.41) is 12.3. The predicted molar refractivity (Wildman–Crippen MR) is 109 cm³/mol. The lowest BCUT2D eigenvalue weighted by molar-refractivity contribution is 0.0944. The maximum Gasteiger partial charge on any atom is 0.262 e. The fourth-order valence-corrected chi connectivity index (χ4v) is 2.94. The first-order valence-electron chi connectivity index (χ1n) is 8.83. The maximum atomic E-state index is 12.7. The fraction of sp³-hybridized carbons (Fsp3) is 0.263. The fourth-order valence-electron chi connectivity index (χ4n) is 2.60. The number of aromatic nitrogens is 3. The van der Waals surface area contributed by atoms with Crippen molar-refractivity contribution in [1.29, 1.82) is 0 Å². The molecule has 2 heterocycles. The van der Waals surface area contributed by atoms with Gasteiger partial charge in [0.2, 0.25) is 5.78 Å². The molecule has 2 aromatic heterocycles. The van der Waals surface area contributed by atoms with E-state index in [0.717, 1.165) is 0 Å². The van der Waals surface area contributed by atoms with E-state index in [1.807, 2.05) is 0 Å². The van der Waals surface area contributed by atoms with Crippen LogP contribution in [-0.4, -0.2) is 45.1 Å². The van der Waals surface area contributed by atoms with Gasteiger partial charge in [-0.15, -0.1) is 0 Å². The van der Waals surface area contributed by atoms with E-state index >= 15 is 0 Å². The highest BCUT2D eigenvalue weighted by molar-refractivity contribution is 6.34. The highest BCUT2D eigenvalue weighted by atomic mass is 35.5. The van der Waals surface area contributed by atoms with E-state index in [9.17, 15) is 9.59 Å². The van der Waals surface area contributed by atoms with Gasteiger partial charge in [-0.2, -0.15) is 0 Å². The van der Waals surface area contributed by atoms with Crippen molar-refractivity contribution >= 4 is 34.9 Å². The number of halogens is 2. The molecular formula is C19H18Cl2N4O4. The number of carbonyl (C=O) groups is 1. The minimum absolute atomic E-state index is 0.112. The molecule has 0 aliphatic rings. The Morgan fingerprint density at radius 1 is 1.24 bits per heavy atom. The molecule has 10 heteroatoms. The molecule has 0 atom stereocenters. The zero-order chi connectivity index (χ0) is 20.8. The molecule has 8 nitrogen and oxygen atoms in total. The predicted octanol–water partition coefficient (Wildman–Crippen LogP) is 2.13. The topological polar surface area (TPSA) is 106 Å². The molecule has 0 saturated heterocycles. The minimum Gasteiger partial charge on any atom is -0.492 e. The Kier molecular flexibility index (Phi) is 7.03. The van der Waals surface area contributed by atoms with Crippen LogP contribution in [0.4, 0.5) is 0 Å². The Balaban J connectivity index is 1.69. The number of amides is 1. The summed E-state index contributed by atoms with van der Waals surface area (Å²) in [6.45, 7) is 0.269. The second-order valence-corrected chi connectivity index (χ2v) is 6.95. The van der Waals surface area contributed by atoms with Gasteiger partial charge in [-0.3, -0.25) is 14.0 Å². The second kappa shape index (κ2) is 9.69. The maximum absolute atomic E-state index is 12.7. The van der Waals surface area contributed by atoms with Crippen molar-refractivity contribution in [2.75, 3.05) is 19.8 Å².